The second-order valence-electron chi connectivity index (χ2n) is 6.52. The average molecular weight is 371 g/mol. The lowest BCUT2D eigenvalue weighted by atomic mass is 9.97. The van der Waals surface area contributed by atoms with Gasteiger partial charge in [-0.25, -0.2) is 4.52 Å². The highest BCUT2D eigenvalue weighted by Crippen LogP contribution is 2.22. The van der Waals surface area contributed by atoms with E-state index in [-0.39, 0.29) is 18.0 Å². The highest BCUT2D eigenvalue weighted by atomic mass is 35.5. The number of aromatic nitrogens is 3. The van der Waals surface area contributed by atoms with Gasteiger partial charge in [0, 0.05) is 29.5 Å². The van der Waals surface area contributed by atoms with Crippen molar-refractivity contribution in [3.63, 3.8) is 0 Å². The molecule has 0 atom stereocenters. The number of halogens is 1. The summed E-state index contributed by atoms with van der Waals surface area (Å²) < 4.78 is 3.09. The number of hydrogen-bond donors (Lipinski definition) is 1. The monoisotopic (exact) mass is 370 g/mol. The minimum Gasteiger partial charge on any atom is -0.350 e. The number of nitrogens with zero attached hydrogens (tertiary/aromatic N) is 3. The van der Waals surface area contributed by atoms with Crippen LogP contribution in [0.3, 0.4) is 0 Å². The Balaban J connectivity index is 1.53. The molecule has 7 heteroatoms. The van der Waals surface area contributed by atoms with Crippen molar-refractivity contribution >= 4 is 23.0 Å². The molecule has 1 aromatic carbocycles. The Bertz CT molecular complexity index is 1040. The summed E-state index contributed by atoms with van der Waals surface area (Å²) in [5.41, 5.74) is 3.31. The van der Waals surface area contributed by atoms with Crippen LogP contribution >= 0.6 is 11.6 Å². The van der Waals surface area contributed by atoms with E-state index in [0.717, 1.165) is 42.5 Å². The summed E-state index contributed by atoms with van der Waals surface area (Å²) in [4.78, 5) is 25.1. The molecular weight excluding hydrogens is 352 g/mol. The largest absolute Gasteiger partial charge is 0.350 e. The standard InChI is InChI=1S/C19H19ClN4O2/c20-15-7-3-1-5-13(15)11-21-17(25)12-23-9-10-24-18(19(23)26)14-6-2-4-8-16(14)22-24/h1,3,5,7,9-10H,2,4,6,8,11-12H2,(H,21,25). The Morgan fingerprint density at radius 1 is 1.19 bits per heavy atom. The molecule has 0 fully saturated rings. The molecule has 0 unspecified atom stereocenters. The van der Waals surface area contributed by atoms with E-state index in [2.05, 4.69) is 10.4 Å². The molecule has 1 amide bonds. The van der Waals surface area contributed by atoms with Crippen molar-refractivity contribution in [1.29, 1.82) is 0 Å². The summed E-state index contributed by atoms with van der Waals surface area (Å²) in [6.07, 6.45) is 7.32. The number of carbonyl (C=O) groups excluding carboxylic acids is 1. The number of benzene rings is 1. The van der Waals surface area contributed by atoms with Gasteiger partial charge in [-0.05, 0) is 37.3 Å². The van der Waals surface area contributed by atoms with Gasteiger partial charge in [-0.15, -0.1) is 0 Å². The lowest BCUT2D eigenvalue weighted by Crippen LogP contribution is -2.32. The molecule has 1 aliphatic carbocycles. The predicted octanol–water partition coefficient (Wildman–Crippen LogP) is 2.34. The van der Waals surface area contributed by atoms with Crippen LogP contribution in [0.4, 0.5) is 0 Å². The molecular formula is C19H19ClN4O2. The fourth-order valence-electron chi connectivity index (χ4n) is 3.43. The lowest BCUT2D eigenvalue weighted by Gasteiger charge is -2.10. The van der Waals surface area contributed by atoms with E-state index < -0.39 is 0 Å². The minimum absolute atomic E-state index is 0.0280. The van der Waals surface area contributed by atoms with Gasteiger partial charge in [0.15, 0.2) is 0 Å². The van der Waals surface area contributed by atoms with Crippen molar-refractivity contribution < 1.29 is 4.79 Å². The first-order valence-electron chi connectivity index (χ1n) is 8.73. The molecule has 0 bridgehead atoms. The van der Waals surface area contributed by atoms with Crippen molar-refractivity contribution in [2.45, 2.75) is 38.8 Å². The molecule has 0 radical (unpaired) electrons. The number of nitrogens with one attached hydrogen (secondary N) is 1. The zero-order chi connectivity index (χ0) is 18.1. The average Bonchev–Trinajstić information content (AvgIpc) is 3.03. The fourth-order valence-corrected chi connectivity index (χ4v) is 3.63. The normalized spacial score (nSPS) is 13.6. The Labute approximate surface area is 155 Å². The molecule has 0 saturated carbocycles. The molecule has 0 spiro atoms. The highest BCUT2D eigenvalue weighted by Gasteiger charge is 2.20. The SMILES string of the molecule is O=C(Cn1ccn2nc3c(c2c1=O)CCCC3)NCc1ccccc1Cl. The Kier molecular flexibility index (Phi) is 4.51. The predicted molar refractivity (Wildman–Crippen MR) is 99.4 cm³/mol. The second kappa shape index (κ2) is 6.96. The Morgan fingerprint density at radius 2 is 2.00 bits per heavy atom. The van der Waals surface area contributed by atoms with Crippen LogP contribution in [0.1, 0.15) is 29.7 Å². The lowest BCUT2D eigenvalue weighted by molar-refractivity contribution is -0.121. The van der Waals surface area contributed by atoms with Gasteiger partial charge >= 0.3 is 0 Å². The van der Waals surface area contributed by atoms with Crippen molar-refractivity contribution in [2.75, 3.05) is 0 Å². The van der Waals surface area contributed by atoms with E-state index in [0.29, 0.717) is 17.1 Å². The van der Waals surface area contributed by atoms with Gasteiger partial charge in [-0.1, -0.05) is 29.8 Å². The molecule has 6 nitrogen and oxygen atoms in total. The number of aryl methyl sites for hydroxylation is 2. The Hall–Kier alpha value is -2.60. The second-order valence-corrected chi connectivity index (χ2v) is 6.93. The maximum atomic E-state index is 12.8. The molecule has 26 heavy (non-hydrogen) atoms. The molecule has 0 aliphatic heterocycles. The van der Waals surface area contributed by atoms with Crippen molar-refractivity contribution in [3.8, 4) is 0 Å². The first kappa shape index (κ1) is 16.8. The fraction of sp³-hybridized carbons (Fsp3) is 0.316. The van der Waals surface area contributed by atoms with Gasteiger partial charge in [0.2, 0.25) is 5.91 Å². The molecule has 134 valence electrons. The van der Waals surface area contributed by atoms with Gasteiger partial charge < -0.3 is 9.88 Å². The van der Waals surface area contributed by atoms with Crippen LogP contribution in [-0.2, 0) is 30.7 Å². The van der Waals surface area contributed by atoms with Crippen molar-refractivity contribution in [2.24, 2.45) is 0 Å². The van der Waals surface area contributed by atoms with Gasteiger partial charge in [0.25, 0.3) is 5.56 Å². The van der Waals surface area contributed by atoms with E-state index in [9.17, 15) is 9.59 Å². The zero-order valence-electron chi connectivity index (χ0n) is 14.2. The summed E-state index contributed by atoms with van der Waals surface area (Å²) in [6, 6.07) is 7.35. The summed E-state index contributed by atoms with van der Waals surface area (Å²) in [5, 5.41) is 7.93. The smallest absolute Gasteiger partial charge is 0.277 e. The summed E-state index contributed by atoms with van der Waals surface area (Å²) in [5.74, 6) is -0.232. The third-order valence-corrected chi connectivity index (χ3v) is 5.15. The van der Waals surface area contributed by atoms with Crippen LogP contribution in [0.5, 0.6) is 0 Å². The molecule has 1 aliphatic rings. The molecule has 1 N–H and O–H groups in total. The van der Waals surface area contributed by atoms with Crippen LogP contribution in [0, 0.1) is 0 Å². The molecule has 2 heterocycles. The number of fused-ring (bicyclic) bond motifs is 3. The van der Waals surface area contributed by atoms with E-state index in [1.165, 1.54) is 4.57 Å². The molecule has 2 aromatic heterocycles. The first-order chi connectivity index (χ1) is 12.6. The zero-order valence-corrected chi connectivity index (χ0v) is 15.0. The van der Waals surface area contributed by atoms with Gasteiger partial charge in [0.1, 0.15) is 12.1 Å². The summed E-state index contributed by atoms with van der Waals surface area (Å²) >= 11 is 6.10. The molecule has 4 rings (SSSR count). The quantitative estimate of drug-likeness (QED) is 0.766. The number of amides is 1. The molecule has 3 aromatic rings. The maximum Gasteiger partial charge on any atom is 0.277 e. The number of hydrogen-bond acceptors (Lipinski definition) is 3. The van der Waals surface area contributed by atoms with Crippen LogP contribution in [0.25, 0.3) is 5.52 Å². The van der Waals surface area contributed by atoms with Crippen LogP contribution in [0.2, 0.25) is 5.02 Å². The summed E-state index contributed by atoms with van der Waals surface area (Å²) in [6.45, 7) is 0.303. The van der Waals surface area contributed by atoms with Gasteiger partial charge in [-0.3, -0.25) is 9.59 Å². The van der Waals surface area contributed by atoms with Crippen LogP contribution in [-0.4, -0.2) is 20.1 Å². The first-order valence-corrected chi connectivity index (χ1v) is 9.11. The van der Waals surface area contributed by atoms with Crippen molar-refractivity contribution in [3.05, 3.63) is 68.9 Å². The third kappa shape index (κ3) is 3.12. The van der Waals surface area contributed by atoms with Gasteiger partial charge in [0.05, 0.1) is 5.69 Å². The molecule has 0 saturated heterocycles. The third-order valence-electron chi connectivity index (χ3n) is 4.78. The minimum atomic E-state index is -0.232. The number of carbonyl (C=O) groups is 1. The van der Waals surface area contributed by atoms with E-state index >= 15 is 0 Å². The highest BCUT2D eigenvalue weighted by molar-refractivity contribution is 6.31. The summed E-state index contributed by atoms with van der Waals surface area (Å²) in [7, 11) is 0. The van der Waals surface area contributed by atoms with E-state index in [1.54, 1.807) is 23.0 Å². The van der Waals surface area contributed by atoms with Crippen LogP contribution < -0.4 is 10.9 Å². The van der Waals surface area contributed by atoms with E-state index in [1.807, 2.05) is 18.2 Å². The number of rotatable bonds is 4. The van der Waals surface area contributed by atoms with Gasteiger partial charge in [-0.2, -0.15) is 5.10 Å². The van der Waals surface area contributed by atoms with Crippen molar-refractivity contribution in [1.82, 2.24) is 19.5 Å². The topological polar surface area (TPSA) is 68.4 Å². The maximum absolute atomic E-state index is 12.8. The van der Waals surface area contributed by atoms with E-state index in [4.69, 9.17) is 11.6 Å². The van der Waals surface area contributed by atoms with Crippen LogP contribution in [0.15, 0.2) is 41.5 Å². The Morgan fingerprint density at radius 3 is 2.85 bits per heavy atom.